The molecule has 0 radical (unpaired) electrons. The molecule has 0 bridgehead atoms. The summed E-state index contributed by atoms with van der Waals surface area (Å²) >= 11 is 0. The Bertz CT molecular complexity index is 1840. The fourth-order valence-electron chi connectivity index (χ4n) is 4.45. The first-order chi connectivity index (χ1) is 19.6. The molecule has 5 rings (SSSR count). The number of carbonyl (C=O) groups is 1. The number of furan rings is 1. The van der Waals surface area contributed by atoms with Crippen LogP contribution in [0.1, 0.15) is 50.0 Å². The maximum Gasteiger partial charge on any atom is 0.290 e. The largest absolute Gasteiger partial charge is 0.459 e. The molecule has 10 heteroatoms. The molecule has 210 valence electrons. The molecule has 0 fully saturated rings. The fraction of sp³-hybridized carbons (Fsp3) is 0.194. The van der Waals surface area contributed by atoms with Crippen LogP contribution in [0.5, 0.6) is 0 Å². The number of nitrogens with one attached hydrogen (secondary N) is 1. The second kappa shape index (κ2) is 11.5. The van der Waals surface area contributed by atoms with Crippen LogP contribution in [0.25, 0.3) is 5.65 Å². The zero-order chi connectivity index (χ0) is 29.1. The van der Waals surface area contributed by atoms with Gasteiger partial charge in [-0.1, -0.05) is 47.5 Å². The van der Waals surface area contributed by atoms with Crippen LogP contribution in [0.4, 0.5) is 0 Å². The molecule has 9 nitrogen and oxygen atoms in total. The number of imidazole rings is 1. The van der Waals surface area contributed by atoms with Gasteiger partial charge in [0.1, 0.15) is 22.9 Å². The Balaban J connectivity index is 1.32. The molecule has 0 spiro atoms. The lowest BCUT2D eigenvalue weighted by molar-refractivity contribution is 0.0948. The quantitative estimate of drug-likeness (QED) is 0.191. The highest BCUT2D eigenvalue weighted by molar-refractivity contribution is 7.89. The van der Waals surface area contributed by atoms with Gasteiger partial charge in [-0.15, -0.1) is 0 Å². The standard InChI is InChI=1S/C31H31N5O4S/c1-21-5-9-25(10-6-21)19-35(41(38,39)28-13-7-22(2)8-14-28)20-27-12-11-26(40-27)18-32-34-31(37)30-24(4)33-29-17-23(3)15-16-36(29)30/h5-18H,19-20H2,1-4H3,(H,34,37)/b32-18+. The predicted molar refractivity (Wildman–Crippen MR) is 157 cm³/mol. The molecule has 0 unspecified atom stereocenters. The smallest absolute Gasteiger partial charge is 0.290 e. The molecule has 0 aliphatic carbocycles. The summed E-state index contributed by atoms with van der Waals surface area (Å²) in [5, 5.41) is 4.04. The average molecular weight is 570 g/mol. The monoisotopic (exact) mass is 569 g/mol. The van der Waals surface area contributed by atoms with Crippen molar-refractivity contribution < 1.29 is 17.6 Å². The molecule has 3 aromatic heterocycles. The topological polar surface area (TPSA) is 109 Å². The zero-order valence-electron chi connectivity index (χ0n) is 23.3. The van der Waals surface area contributed by atoms with Crippen molar-refractivity contribution in [3.05, 3.63) is 124 Å². The molecule has 1 N–H and O–H groups in total. The van der Waals surface area contributed by atoms with E-state index in [1.165, 1.54) is 10.5 Å². The van der Waals surface area contributed by atoms with Crippen LogP contribution in [0.2, 0.25) is 0 Å². The highest BCUT2D eigenvalue weighted by atomic mass is 32.2. The first-order valence-corrected chi connectivity index (χ1v) is 14.5. The molecule has 0 saturated heterocycles. The van der Waals surface area contributed by atoms with Gasteiger partial charge in [0, 0.05) is 12.7 Å². The van der Waals surface area contributed by atoms with Crippen LogP contribution in [-0.4, -0.2) is 34.2 Å². The number of hydrazone groups is 1. The Morgan fingerprint density at radius 1 is 0.927 bits per heavy atom. The summed E-state index contributed by atoms with van der Waals surface area (Å²) < 4.78 is 36.2. The lowest BCUT2D eigenvalue weighted by atomic mass is 10.1. The maximum atomic E-state index is 13.6. The van der Waals surface area contributed by atoms with E-state index in [-0.39, 0.29) is 18.0 Å². The van der Waals surface area contributed by atoms with Crippen molar-refractivity contribution in [1.29, 1.82) is 0 Å². The Kier molecular flexibility index (Phi) is 7.87. The highest BCUT2D eigenvalue weighted by Crippen LogP contribution is 2.23. The Morgan fingerprint density at radius 2 is 1.61 bits per heavy atom. The molecule has 2 aromatic carbocycles. The molecule has 0 saturated carbocycles. The van der Waals surface area contributed by atoms with E-state index in [1.54, 1.807) is 53.9 Å². The summed E-state index contributed by atoms with van der Waals surface area (Å²) in [5.41, 5.74) is 8.16. The van der Waals surface area contributed by atoms with E-state index in [2.05, 4.69) is 15.5 Å². The summed E-state index contributed by atoms with van der Waals surface area (Å²) in [7, 11) is -3.82. The summed E-state index contributed by atoms with van der Waals surface area (Å²) in [5.74, 6) is 0.401. The third-order valence-electron chi connectivity index (χ3n) is 6.68. The minimum atomic E-state index is -3.82. The zero-order valence-corrected chi connectivity index (χ0v) is 24.1. The van der Waals surface area contributed by atoms with Crippen molar-refractivity contribution in [2.24, 2.45) is 5.10 Å². The molecular weight excluding hydrogens is 538 g/mol. The number of aryl methyl sites for hydroxylation is 4. The van der Waals surface area contributed by atoms with Gasteiger partial charge in [0.2, 0.25) is 10.0 Å². The molecule has 3 heterocycles. The summed E-state index contributed by atoms with van der Waals surface area (Å²) in [6.45, 7) is 7.82. The van der Waals surface area contributed by atoms with Crippen molar-refractivity contribution in [2.75, 3.05) is 0 Å². The normalized spacial score (nSPS) is 12.0. The van der Waals surface area contributed by atoms with Crippen LogP contribution in [0.15, 0.2) is 93.4 Å². The predicted octanol–water partition coefficient (Wildman–Crippen LogP) is 5.32. The molecule has 0 aliphatic rings. The minimum absolute atomic E-state index is 0.0186. The van der Waals surface area contributed by atoms with Gasteiger partial charge in [0.25, 0.3) is 5.91 Å². The van der Waals surface area contributed by atoms with Crippen molar-refractivity contribution in [3.8, 4) is 0 Å². The second-order valence-corrected chi connectivity index (χ2v) is 12.0. The Morgan fingerprint density at radius 3 is 2.32 bits per heavy atom. The Hall–Kier alpha value is -4.54. The van der Waals surface area contributed by atoms with E-state index in [0.717, 1.165) is 22.3 Å². The number of rotatable bonds is 9. The minimum Gasteiger partial charge on any atom is -0.459 e. The lowest BCUT2D eigenvalue weighted by Gasteiger charge is -2.21. The number of nitrogens with zero attached hydrogens (tertiary/aromatic N) is 4. The summed E-state index contributed by atoms with van der Waals surface area (Å²) in [6, 6.07) is 21.7. The van der Waals surface area contributed by atoms with Crippen LogP contribution in [0.3, 0.4) is 0 Å². The van der Waals surface area contributed by atoms with Gasteiger partial charge in [0.15, 0.2) is 0 Å². The van der Waals surface area contributed by atoms with Gasteiger partial charge in [-0.25, -0.2) is 18.8 Å². The molecule has 41 heavy (non-hydrogen) atoms. The average Bonchev–Trinajstić information content (AvgIpc) is 3.52. The molecule has 0 atom stereocenters. The van der Waals surface area contributed by atoms with Gasteiger partial charge in [-0.05, 0) is 75.2 Å². The van der Waals surface area contributed by atoms with E-state index in [1.807, 2.05) is 57.2 Å². The summed E-state index contributed by atoms with van der Waals surface area (Å²) in [4.78, 5) is 17.5. The second-order valence-electron chi connectivity index (χ2n) is 10.1. The molecular formula is C31H31N5O4S. The fourth-order valence-corrected chi connectivity index (χ4v) is 5.84. The molecule has 5 aromatic rings. The van der Waals surface area contributed by atoms with Gasteiger partial charge >= 0.3 is 0 Å². The van der Waals surface area contributed by atoms with Gasteiger partial charge in [-0.2, -0.15) is 9.41 Å². The number of fused-ring (bicyclic) bond motifs is 1. The van der Waals surface area contributed by atoms with Crippen LogP contribution < -0.4 is 5.43 Å². The number of hydrogen-bond acceptors (Lipinski definition) is 6. The maximum absolute atomic E-state index is 13.6. The number of amides is 1. The first kappa shape index (κ1) is 28.0. The van der Waals surface area contributed by atoms with Crippen molar-refractivity contribution in [2.45, 2.75) is 45.7 Å². The van der Waals surface area contributed by atoms with Crippen LogP contribution >= 0.6 is 0 Å². The number of pyridine rings is 1. The van der Waals surface area contributed by atoms with Crippen molar-refractivity contribution in [1.82, 2.24) is 19.1 Å². The lowest BCUT2D eigenvalue weighted by Crippen LogP contribution is -2.30. The van der Waals surface area contributed by atoms with E-state index >= 15 is 0 Å². The number of carbonyl (C=O) groups excluding carboxylic acids is 1. The first-order valence-electron chi connectivity index (χ1n) is 13.1. The number of aromatic nitrogens is 2. The van der Waals surface area contributed by atoms with E-state index in [9.17, 15) is 13.2 Å². The number of sulfonamides is 1. The third kappa shape index (κ3) is 6.29. The highest BCUT2D eigenvalue weighted by Gasteiger charge is 2.26. The molecule has 0 aliphatic heterocycles. The Labute approximate surface area is 239 Å². The van der Waals surface area contributed by atoms with Gasteiger partial charge in [0.05, 0.1) is 23.3 Å². The van der Waals surface area contributed by atoms with Crippen molar-refractivity contribution in [3.63, 3.8) is 0 Å². The third-order valence-corrected chi connectivity index (χ3v) is 8.49. The van der Waals surface area contributed by atoms with E-state index in [0.29, 0.717) is 28.6 Å². The van der Waals surface area contributed by atoms with E-state index in [4.69, 9.17) is 4.42 Å². The van der Waals surface area contributed by atoms with Crippen LogP contribution in [0, 0.1) is 27.7 Å². The van der Waals surface area contributed by atoms with Crippen molar-refractivity contribution >= 4 is 27.8 Å². The molecule has 1 amide bonds. The number of benzene rings is 2. The SMILES string of the molecule is Cc1ccc(CN(Cc2ccc(/C=N/NC(=O)c3c(C)nc4cc(C)ccn34)o2)S(=O)(=O)c2ccc(C)cc2)cc1. The van der Waals surface area contributed by atoms with Gasteiger partial charge in [-0.3, -0.25) is 9.20 Å². The summed E-state index contributed by atoms with van der Waals surface area (Å²) in [6.07, 6.45) is 3.18. The van der Waals surface area contributed by atoms with Crippen LogP contribution in [-0.2, 0) is 23.1 Å². The van der Waals surface area contributed by atoms with Gasteiger partial charge < -0.3 is 4.42 Å². The van der Waals surface area contributed by atoms with E-state index < -0.39 is 15.9 Å². The number of hydrogen-bond donors (Lipinski definition) is 1.